The first kappa shape index (κ1) is 15.3. The third-order valence-electron chi connectivity index (χ3n) is 3.34. The molecule has 0 saturated carbocycles. The number of nitrogen functional groups attached to an aromatic ring is 1. The number of nitrogens with zero attached hydrogens (tertiary/aromatic N) is 3. The van der Waals surface area contributed by atoms with Gasteiger partial charge in [0.05, 0.1) is 19.4 Å². The first-order valence-electron chi connectivity index (χ1n) is 6.88. The molecule has 1 aromatic rings. The Balaban J connectivity index is 2.20. The summed E-state index contributed by atoms with van der Waals surface area (Å²) in [4.78, 5) is 26.3. The molecule has 1 fully saturated rings. The minimum absolute atomic E-state index is 0.000148. The molecule has 116 valence electrons. The van der Waals surface area contributed by atoms with Crippen molar-refractivity contribution in [2.24, 2.45) is 7.05 Å². The Kier molecular flexibility index (Phi) is 4.46. The third-order valence-corrected chi connectivity index (χ3v) is 3.34. The zero-order valence-electron chi connectivity index (χ0n) is 12.5. The van der Waals surface area contributed by atoms with Gasteiger partial charge in [0.15, 0.2) is 0 Å². The highest BCUT2D eigenvalue weighted by atomic mass is 16.5. The highest BCUT2D eigenvalue weighted by Gasteiger charge is 2.34. The highest BCUT2D eigenvalue weighted by Crippen LogP contribution is 2.17. The van der Waals surface area contributed by atoms with Crippen LogP contribution < -0.4 is 11.1 Å². The molecule has 1 saturated heterocycles. The smallest absolute Gasteiger partial charge is 0.260 e. The summed E-state index contributed by atoms with van der Waals surface area (Å²) in [6.07, 6.45) is 1.42. The molecule has 2 heterocycles. The molecule has 1 atom stereocenters. The monoisotopic (exact) mass is 295 g/mol. The summed E-state index contributed by atoms with van der Waals surface area (Å²) in [7, 11) is 1.66. The van der Waals surface area contributed by atoms with Crippen LogP contribution in [0.2, 0.25) is 0 Å². The zero-order valence-corrected chi connectivity index (χ0v) is 12.5. The van der Waals surface area contributed by atoms with E-state index in [1.165, 1.54) is 15.8 Å². The molecule has 2 rings (SSSR count). The van der Waals surface area contributed by atoms with Crippen LogP contribution in [-0.2, 0) is 16.6 Å². The van der Waals surface area contributed by atoms with Crippen molar-refractivity contribution in [1.29, 1.82) is 0 Å². The minimum atomic E-state index is -0.645. The Morgan fingerprint density at radius 1 is 1.52 bits per heavy atom. The molecule has 1 unspecified atom stereocenters. The van der Waals surface area contributed by atoms with Gasteiger partial charge in [-0.05, 0) is 13.8 Å². The summed E-state index contributed by atoms with van der Waals surface area (Å²) in [5, 5.41) is 6.77. The minimum Gasteiger partial charge on any atom is -0.383 e. The molecule has 21 heavy (non-hydrogen) atoms. The van der Waals surface area contributed by atoms with Gasteiger partial charge >= 0.3 is 0 Å². The maximum atomic E-state index is 12.6. The van der Waals surface area contributed by atoms with Gasteiger partial charge < -0.3 is 20.7 Å². The Morgan fingerprint density at radius 3 is 2.81 bits per heavy atom. The number of hydrogen-bond acceptors (Lipinski definition) is 5. The molecular formula is C13H21N5O3. The van der Waals surface area contributed by atoms with E-state index in [1.807, 2.05) is 13.8 Å². The molecule has 1 aliphatic rings. The summed E-state index contributed by atoms with van der Waals surface area (Å²) < 4.78 is 6.76. The van der Waals surface area contributed by atoms with E-state index in [1.54, 1.807) is 7.05 Å². The van der Waals surface area contributed by atoms with Gasteiger partial charge in [0.25, 0.3) is 5.91 Å². The summed E-state index contributed by atoms with van der Waals surface area (Å²) >= 11 is 0. The van der Waals surface area contributed by atoms with Crippen molar-refractivity contribution in [2.75, 3.05) is 25.5 Å². The first-order valence-corrected chi connectivity index (χ1v) is 6.88. The Labute approximate surface area is 123 Å². The number of carbonyl (C=O) groups excluding carboxylic acids is 2. The van der Waals surface area contributed by atoms with E-state index in [4.69, 9.17) is 10.5 Å². The van der Waals surface area contributed by atoms with Crippen LogP contribution in [-0.4, -0.2) is 58.3 Å². The lowest BCUT2D eigenvalue weighted by atomic mass is 10.1. The normalized spacial score (nSPS) is 18.9. The van der Waals surface area contributed by atoms with E-state index < -0.39 is 6.04 Å². The Hall–Kier alpha value is -2.09. The van der Waals surface area contributed by atoms with Gasteiger partial charge in [-0.2, -0.15) is 5.10 Å². The fourth-order valence-electron chi connectivity index (χ4n) is 2.21. The average molecular weight is 295 g/mol. The predicted octanol–water partition coefficient (Wildman–Crippen LogP) is -0.632. The topological polar surface area (TPSA) is 102 Å². The lowest BCUT2D eigenvalue weighted by Crippen LogP contribution is -2.56. The van der Waals surface area contributed by atoms with E-state index >= 15 is 0 Å². The molecule has 0 spiro atoms. The second-order valence-corrected chi connectivity index (χ2v) is 5.32. The number of ether oxygens (including phenoxy) is 1. The van der Waals surface area contributed by atoms with Gasteiger partial charge in [-0.15, -0.1) is 0 Å². The number of nitrogens with two attached hydrogens (primary N) is 1. The summed E-state index contributed by atoms with van der Waals surface area (Å²) in [6, 6.07) is -0.645. The standard InChI is InChI=1S/C13H21N5O3/c1-8(2)16-12(19)10-7-21-5-4-18(10)13(20)9-6-15-17(3)11(9)14/h6,8,10H,4-5,7,14H2,1-3H3,(H,16,19). The third kappa shape index (κ3) is 3.15. The maximum Gasteiger partial charge on any atom is 0.260 e. The number of carbonyl (C=O) groups is 2. The maximum absolute atomic E-state index is 12.6. The predicted molar refractivity (Wildman–Crippen MR) is 76.5 cm³/mol. The van der Waals surface area contributed by atoms with E-state index in [2.05, 4.69) is 10.4 Å². The van der Waals surface area contributed by atoms with Gasteiger partial charge in [-0.3, -0.25) is 14.3 Å². The fraction of sp³-hybridized carbons (Fsp3) is 0.615. The largest absolute Gasteiger partial charge is 0.383 e. The van der Waals surface area contributed by atoms with E-state index in [9.17, 15) is 9.59 Å². The molecule has 0 bridgehead atoms. The van der Waals surface area contributed by atoms with Crippen LogP contribution in [0, 0.1) is 0 Å². The van der Waals surface area contributed by atoms with Crippen LogP contribution in [0.5, 0.6) is 0 Å². The number of amides is 2. The first-order chi connectivity index (χ1) is 9.91. The second kappa shape index (κ2) is 6.13. The van der Waals surface area contributed by atoms with Gasteiger partial charge in [0, 0.05) is 19.6 Å². The quantitative estimate of drug-likeness (QED) is 0.773. The van der Waals surface area contributed by atoms with Crippen LogP contribution in [0.1, 0.15) is 24.2 Å². The molecule has 1 aromatic heterocycles. The van der Waals surface area contributed by atoms with Crippen LogP contribution in [0.3, 0.4) is 0 Å². The number of rotatable bonds is 3. The SMILES string of the molecule is CC(C)NC(=O)C1COCCN1C(=O)c1cnn(C)c1N. The van der Waals surface area contributed by atoms with Crippen LogP contribution in [0.15, 0.2) is 6.20 Å². The second-order valence-electron chi connectivity index (χ2n) is 5.32. The summed E-state index contributed by atoms with van der Waals surface area (Å²) in [5.74, 6) is -0.233. The van der Waals surface area contributed by atoms with E-state index in [0.717, 1.165) is 0 Å². The number of hydrogen-bond donors (Lipinski definition) is 2. The van der Waals surface area contributed by atoms with Crippen molar-refractivity contribution in [2.45, 2.75) is 25.9 Å². The van der Waals surface area contributed by atoms with Crippen molar-refractivity contribution in [3.05, 3.63) is 11.8 Å². The van der Waals surface area contributed by atoms with Crippen molar-refractivity contribution in [3.63, 3.8) is 0 Å². The van der Waals surface area contributed by atoms with Crippen molar-refractivity contribution in [3.8, 4) is 0 Å². The molecule has 2 amide bonds. The molecule has 0 radical (unpaired) electrons. The molecule has 8 nitrogen and oxygen atoms in total. The molecule has 0 aromatic carbocycles. The highest BCUT2D eigenvalue weighted by molar-refractivity contribution is 6.00. The molecular weight excluding hydrogens is 274 g/mol. The van der Waals surface area contributed by atoms with E-state index in [0.29, 0.717) is 18.7 Å². The molecule has 3 N–H and O–H groups in total. The fourth-order valence-corrected chi connectivity index (χ4v) is 2.21. The number of aryl methyl sites for hydroxylation is 1. The number of morpholine rings is 1. The lowest BCUT2D eigenvalue weighted by Gasteiger charge is -2.34. The molecule has 1 aliphatic heterocycles. The summed E-state index contributed by atoms with van der Waals surface area (Å²) in [6.45, 7) is 4.67. The average Bonchev–Trinajstić information content (AvgIpc) is 2.77. The van der Waals surface area contributed by atoms with Gasteiger partial charge in [0.2, 0.25) is 5.91 Å². The Morgan fingerprint density at radius 2 is 2.24 bits per heavy atom. The van der Waals surface area contributed by atoms with E-state index in [-0.39, 0.29) is 30.3 Å². The van der Waals surface area contributed by atoms with Gasteiger partial charge in [-0.1, -0.05) is 0 Å². The van der Waals surface area contributed by atoms with Crippen molar-refractivity contribution in [1.82, 2.24) is 20.0 Å². The summed E-state index contributed by atoms with van der Waals surface area (Å²) in [5.41, 5.74) is 6.14. The van der Waals surface area contributed by atoms with Crippen LogP contribution >= 0.6 is 0 Å². The van der Waals surface area contributed by atoms with Gasteiger partial charge in [0.1, 0.15) is 17.4 Å². The number of aromatic nitrogens is 2. The van der Waals surface area contributed by atoms with Gasteiger partial charge in [-0.25, -0.2) is 0 Å². The van der Waals surface area contributed by atoms with Crippen molar-refractivity contribution >= 4 is 17.6 Å². The molecule has 0 aliphatic carbocycles. The molecule has 8 heteroatoms. The van der Waals surface area contributed by atoms with Crippen LogP contribution in [0.25, 0.3) is 0 Å². The number of nitrogens with one attached hydrogen (secondary N) is 1. The zero-order chi connectivity index (χ0) is 15.6. The van der Waals surface area contributed by atoms with Crippen molar-refractivity contribution < 1.29 is 14.3 Å². The van der Waals surface area contributed by atoms with Crippen LogP contribution in [0.4, 0.5) is 5.82 Å². The lowest BCUT2D eigenvalue weighted by molar-refractivity contribution is -0.131. The Bertz CT molecular complexity index is 540. The number of anilines is 1.